The number of hydrogen-bond acceptors (Lipinski definition) is 2. The maximum absolute atomic E-state index is 5.76. The molecule has 0 heterocycles. The van der Waals surface area contributed by atoms with Crippen LogP contribution in [0.15, 0.2) is 29.3 Å². The number of guanidine groups is 1. The summed E-state index contributed by atoms with van der Waals surface area (Å²) in [5.74, 6) is 1.91. The van der Waals surface area contributed by atoms with Gasteiger partial charge in [-0.1, -0.05) is 18.2 Å². The number of ether oxygens (including phenoxy) is 1. The number of hydrogen-bond donors (Lipinski definition) is 2. The molecule has 4 nitrogen and oxygen atoms in total. The molecule has 0 aromatic heterocycles. The Kier molecular flexibility index (Phi) is 8.49. The summed E-state index contributed by atoms with van der Waals surface area (Å²) in [6.07, 6.45) is 3.46. The molecule has 0 spiro atoms. The quantitative estimate of drug-likeness (QED) is 0.318. The van der Waals surface area contributed by atoms with Gasteiger partial charge in [0.25, 0.3) is 0 Å². The fraction of sp³-hybridized carbons (Fsp3) is 0.562. The van der Waals surface area contributed by atoms with E-state index in [1.165, 1.54) is 18.4 Å². The van der Waals surface area contributed by atoms with Crippen molar-refractivity contribution in [1.29, 1.82) is 0 Å². The largest absolute Gasteiger partial charge is 0.493 e. The molecule has 0 amide bonds. The van der Waals surface area contributed by atoms with E-state index in [9.17, 15) is 0 Å². The van der Waals surface area contributed by atoms with Crippen molar-refractivity contribution in [2.24, 2.45) is 4.99 Å². The Morgan fingerprint density at radius 3 is 2.76 bits per heavy atom. The SMILES string of the molecule is CCNC(=NCCCOc1ccccc1C)NC1CC1.I. The smallest absolute Gasteiger partial charge is 0.191 e. The third-order valence-electron chi connectivity index (χ3n) is 3.19. The first-order chi connectivity index (χ1) is 9.79. The summed E-state index contributed by atoms with van der Waals surface area (Å²) in [6.45, 7) is 6.55. The normalized spacial score (nSPS) is 14.3. The van der Waals surface area contributed by atoms with E-state index in [1.807, 2.05) is 18.2 Å². The topological polar surface area (TPSA) is 45.7 Å². The minimum atomic E-state index is 0. The van der Waals surface area contributed by atoms with E-state index < -0.39 is 0 Å². The first-order valence-corrected chi connectivity index (χ1v) is 7.53. The first-order valence-electron chi connectivity index (χ1n) is 7.53. The fourth-order valence-corrected chi connectivity index (χ4v) is 1.90. The van der Waals surface area contributed by atoms with Gasteiger partial charge in [-0.25, -0.2) is 0 Å². The standard InChI is InChI=1S/C16H25N3O.HI/c1-3-17-16(19-14-9-10-14)18-11-6-12-20-15-8-5-4-7-13(15)2;/h4-5,7-8,14H,3,6,9-12H2,1-2H3,(H2,17,18,19);1H. The number of aryl methyl sites for hydroxylation is 1. The van der Waals surface area contributed by atoms with E-state index in [-0.39, 0.29) is 24.0 Å². The highest BCUT2D eigenvalue weighted by Gasteiger charge is 2.21. The van der Waals surface area contributed by atoms with Gasteiger partial charge in [0.2, 0.25) is 0 Å². The van der Waals surface area contributed by atoms with Crippen molar-refractivity contribution in [3.63, 3.8) is 0 Å². The average molecular weight is 403 g/mol. The average Bonchev–Trinajstić information content (AvgIpc) is 3.24. The first kappa shape index (κ1) is 18.1. The highest BCUT2D eigenvalue weighted by Crippen LogP contribution is 2.18. The third-order valence-corrected chi connectivity index (χ3v) is 3.19. The van der Waals surface area contributed by atoms with Crippen molar-refractivity contribution in [2.75, 3.05) is 19.7 Å². The van der Waals surface area contributed by atoms with Crippen LogP contribution >= 0.6 is 24.0 Å². The van der Waals surface area contributed by atoms with E-state index >= 15 is 0 Å². The van der Waals surface area contributed by atoms with Crippen molar-refractivity contribution in [2.45, 2.75) is 39.2 Å². The van der Waals surface area contributed by atoms with Crippen LogP contribution < -0.4 is 15.4 Å². The number of halogens is 1. The molecule has 1 aliphatic rings. The Hall–Kier alpha value is -0.980. The lowest BCUT2D eigenvalue weighted by molar-refractivity contribution is 0.311. The summed E-state index contributed by atoms with van der Waals surface area (Å²) in [6, 6.07) is 8.74. The van der Waals surface area contributed by atoms with Gasteiger partial charge in [0.1, 0.15) is 5.75 Å². The molecule has 0 bridgehead atoms. The molecule has 1 fully saturated rings. The second-order valence-corrected chi connectivity index (χ2v) is 5.15. The van der Waals surface area contributed by atoms with Gasteiger partial charge in [-0.15, -0.1) is 24.0 Å². The number of benzene rings is 1. The van der Waals surface area contributed by atoms with Gasteiger partial charge in [-0.05, 0) is 38.3 Å². The van der Waals surface area contributed by atoms with Crippen LogP contribution in [-0.4, -0.2) is 31.7 Å². The van der Waals surface area contributed by atoms with Crippen LogP contribution in [0.3, 0.4) is 0 Å². The van der Waals surface area contributed by atoms with Crippen LogP contribution in [-0.2, 0) is 0 Å². The van der Waals surface area contributed by atoms with E-state index in [0.29, 0.717) is 12.6 Å². The van der Waals surface area contributed by atoms with Gasteiger partial charge < -0.3 is 15.4 Å². The van der Waals surface area contributed by atoms with Crippen molar-refractivity contribution in [1.82, 2.24) is 10.6 Å². The molecule has 1 aromatic carbocycles. The van der Waals surface area contributed by atoms with Crippen molar-refractivity contribution < 1.29 is 4.74 Å². The lowest BCUT2D eigenvalue weighted by atomic mass is 10.2. The number of aliphatic imine (C=N–C) groups is 1. The summed E-state index contributed by atoms with van der Waals surface area (Å²) in [5.41, 5.74) is 1.18. The third kappa shape index (κ3) is 7.02. The van der Waals surface area contributed by atoms with Gasteiger partial charge in [0, 0.05) is 25.6 Å². The van der Waals surface area contributed by atoms with Gasteiger partial charge in [0.15, 0.2) is 5.96 Å². The second-order valence-electron chi connectivity index (χ2n) is 5.15. The molecular formula is C16H26IN3O. The van der Waals surface area contributed by atoms with Gasteiger partial charge in [-0.3, -0.25) is 4.99 Å². The zero-order valence-electron chi connectivity index (χ0n) is 12.9. The molecule has 0 saturated heterocycles. The van der Waals surface area contributed by atoms with E-state index in [2.05, 4.69) is 35.5 Å². The van der Waals surface area contributed by atoms with Gasteiger partial charge >= 0.3 is 0 Å². The van der Waals surface area contributed by atoms with Crippen LogP contribution in [0.5, 0.6) is 5.75 Å². The van der Waals surface area contributed by atoms with E-state index in [1.54, 1.807) is 0 Å². The number of para-hydroxylation sites is 1. The molecule has 0 radical (unpaired) electrons. The molecule has 2 N–H and O–H groups in total. The van der Waals surface area contributed by atoms with Crippen LogP contribution in [0, 0.1) is 6.92 Å². The molecule has 118 valence electrons. The molecule has 0 unspecified atom stereocenters. The highest BCUT2D eigenvalue weighted by atomic mass is 127. The lowest BCUT2D eigenvalue weighted by Gasteiger charge is -2.10. The van der Waals surface area contributed by atoms with Crippen LogP contribution in [0.1, 0.15) is 31.7 Å². The highest BCUT2D eigenvalue weighted by molar-refractivity contribution is 14.0. The predicted molar refractivity (Wildman–Crippen MR) is 98.8 cm³/mol. The lowest BCUT2D eigenvalue weighted by Crippen LogP contribution is -2.38. The van der Waals surface area contributed by atoms with E-state index in [0.717, 1.165) is 31.2 Å². The molecule has 1 aliphatic carbocycles. The summed E-state index contributed by atoms with van der Waals surface area (Å²) in [4.78, 5) is 4.56. The number of nitrogens with zero attached hydrogens (tertiary/aromatic N) is 1. The van der Waals surface area contributed by atoms with Crippen molar-refractivity contribution in [3.05, 3.63) is 29.8 Å². The number of nitrogens with one attached hydrogen (secondary N) is 2. The molecule has 5 heteroatoms. The van der Waals surface area contributed by atoms with Gasteiger partial charge in [-0.2, -0.15) is 0 Å². The molecule has 21 heavy (non-hydrogen) atoms. The minimum absolute atomic E-state index is 0. The Bertz CT molecular complexity index is 447. The monoisotopic (exact) mass is 403 g/mol. The number of rotatable bonds is 7. The summed E-state index contributed by atoms with van der Waals surface area (Å²) < 4.78 is 5.76. The molecular weight excluding hydrogens is 377 g/mol. The molecule has 1 saturated carbocycles. The Morgan fingerprint density at radius 1 is 1.33 bits per heavy atom. The molecule has 2 rings (SSSR count). The molecule has 1 aromatic rings. The second kappa shape index (κ2) is 9.87. The molecule has 0 aliphatic heterocycles. The van der Waals surface area contributed by atoms with E-state index in [4.69, 9.17) is 4.74 Å². The summed E-state index contributed by atoms with van der Waals surface area (Å²) >= 11 is 0. The van der Waals surface area contributed by atoms with Crippen LogP contribution in [0.25, 0.3) is 0 Å². The molecule has 0 atom stereocenters. The zero-order valence-corrected chi connectivity index (χ0v) is 15.2. The Balaban J connectivity index is 0.00000220. The van der Waals surface area contributed by atoms with Crippen LogP contribution in [0.4, 0.5) is 0 Å². The van der Waals surface area contributed by atoms with Gasteiger partial charge in [0.05, 0.1) is 6.61 Å². The summed E-state index contributed by atoms with van der Waals surface area (Å²) in [7, 11) is 0. The zero-order chi connectivity index (χ0) is 14.2. The minimum Gasteiger partial charge on any atom is -0.493 e. The summed E-state index contributed by atoms with van der Waals surface area (Å²) in [5, 5.41) is 6.68. The Morgan fingerprint density at radius 2 is 2.10 bits per heavy atom. The maximum Gasteiger partial charge on any atom is 0.191 e. The predicted octanol–water partition coefficient (Wildman–Crippen LogP) is 3.10. The van der Waals surface area contributed by atoms with Crippen molar-refractivity contribution >= 4 is 29.9 Å². The Labute approximate surface area is 144 Å². The maximum atomic E-state index is 5.76. The van der Waals surface area contributed by atoms with Crippen molar-refractivity contribution in [3.8, 4) is 5.75 Å². The van der Waals surface area contributed by atoms with Crippen LogP contribution in [0.2, 0.25) is 0 Å². The fourth-order valence-electron chi connectivity index (χ4n) is 1.90.